The van der Waals surface area contributed by atoms with Crippen molar-refractivity contribution >= 4 is 29.0 Å². The van der Waals surface area contributed by atoms with Crippen LogP contribution in [0.5, 0.6) is 0 Å². The summed E-state index contributed by atoms with van der Waals surface area (Å²) < 4.78 is 36.2. The molecule has 0 fully saturated rings. The average Bonchev–Trinajstić information content (AvgIpc) is 2.30. The zero-order valence-electron chi connectivity index (χ0n) is 7.59. The van der Waals surface area contributed by atoms with E-state index in [2.05, 4.69) is 4.98 Å². The van der Waals surface area contributed by atoms with E-state index in [0.717, 1.165) is 16.7 Å². The van der Waals surface area contributed by atoms with E-state index in [9.17, 15) is 12.9 Å². The van der Waals surface area contributed by atoms with Crippen molar-refractivity contribution in [3.05, 3.63) is 5.38 Å². The third-order valence-electron chi connectivity index (χ3n) is 1.23. The Labute approximate surface area is 121 Å². The summed E-state index contributed by atoms with van der Waals surface area (Å²) in [6.45, 7) is -4.94. The van der Waals surface area contributed by atoms with Crippen LogP contribution in [0.3, 0.4) is 0 Å². The molecule has 1 aromatic heterocycles. The van der Waals surface area contributed by atoms with Crippen LogP contribution in [0.2, 0.25) is 0 Å². The van der Waals surface area contributed by atoms with Crippen LogP contribution in [0, 0.1) is 0 Å². The minimum absolute atomic E-state index is 0. The van der Waals surface area contributed by atoms with Gasteiger partial charge in [-0.2, -0.15) is 0 Å². The van der Waals surface area contributed by atoms with Crippen molar-refractivity contribution in [2.75, 3.05) is 19.0 Å². The van der Waals surface area contributed by atoms with E-state index in [1.54, 1.807) is 19.0 Å². The van der Waals surface area contributed by atoms with Crippen molar-refractivity contribution in [2.45, 2.75) is 0 Å². The Balaban J connectivity index is 0.00000144. The molecule has 1 aromatic rings. The SMILES string of the molecule is CN(C)c1nc([B-](F)(F)F)cs1.[K+]. The minimum Gasteiger partial charge on any atom is -0.444 e. The van der Waals surface area contributed by atoms with Gasteiger partial charge in [0.15, 0.2) is 5.13 Å². The third-order valence-corrected chi connectivity index (χ3v) is 2.25. The Morgan fingerprint density at radius 1 is 1.38 bits per heavy atom. The van der Waals surface area contributed by atoms with Crippen LogP contribution >= 0.6 is 11.3 Å². The molecule has 1 rings (SSSR count). The first-order valence-electron chi connectivity index (χ1n) is 3.24. The van der Waals surface area contributed by atoms with Crippen LogP contribution in [0.15, 0.2) is 5.38 Å². The fourth-order valence-electron chi connectivity index (χ4n) is 0.632. The summed E-state index contributed by atoms with van der Waals surface area (Å²) in [5.41, 5.74) is -0.760. The van der Waals surface area contributed by atoms with E-state index in [4.69, 9.17) is 0 Å². The third kappa shape index (κ3) is 3.88. The largest absolute Gasteiger partial charge is 1.00 e. The molecule has 13 heavy (non-hydrogen) atoms. The summed E-state index contributed by atoms with van der Waals surface area (Å²) in [4.78, 5) is 4.98. The van der Waals surface area contributed by atoms with Gasteiger partial charge in [0, 0.05) is 14.1 Å². The summed E-state index contributed by atoms with van der Waals surface area (Å²) in [5, 5.41) is 1.42. The molecule has 0 radical (unpaired) electrons. The molecule has 0 atom stereocenters. The molecular formula is C5H7BF3KN2S. The number of nitrogens with zero attached hydrogens (tertiary/aromatic N) is 2. The van der Waals surface area contributed by atoms with Gasteiger partial charge < -0.3 is 17.8 Å². The predicted octanol–water partition coefficient (Wildman–Crippen LogP) is -1.73. The molecule has 0 spiro atoms. The van der Waals surface area contributed by atoms with Crippen molar-refractivity contribution in [2.24, 2.45) is 0 Å². The second-order valence-corrected chi connectivity index (χ2v) is 3.36. The fraction of sp³-hybridized carbons (Fsp3) is 0.400. The van der Waals surface area contributed by atoms with Crippen LogP contribution in [0.4, 0.5) is 18.1 Å². The Hall–Kier alpha value is 0.921. The molecule has 0 amide bonds. The van der Waals surface area contributed by atoms with Crippen LogP contribution in [-0.4, -0.2) is 26.1 Å². The molecule has 0 bridgehead atoms. The molecule has 0 aliphatic heterocycles. The quantitative estimate of drug-likeness (QED) is 0.565. The van der Waals surface area contributed by atoms with E-state index in [0.29, 0.717) is 5.13 Å². The molecule has 0 aliphatic carbocycles. The Morgan fingerprint density at radius 3 is 2.15 bits per heavy atom. The number of anilines is 1. The minimum atomic E-state index is -4.94. The summed E-state index contributed by atoms with van der Waals surface area (Å²) >= 11 is 0.995. The second-order valence-electron chi connectivity index (χ2n) is 2.52. The fourth-order valence-corrected chi connectivity index (χ4v) is 1.43. The average molecular weight is 234 g/mol. The summed E-state index contributed by atoms with van der Waals surface area (Å²) in [7, 11) is 3.32. The van der Waals surface area contributed by atoms with Crippen molar-refractivity contribution < 1.29 is 64.3 Å². The zero-order chi connectivity index (χ0) is 9.35. The molecule has 68 valence electrons. The topological polar surface area (TPSA) is 16.1 Å². The van der Waals surface area contributed by atoms with Gasteiger partial charge in [-0.15, -0.1) is 11.3 Å². The normalized spacial score (nSPS) is 10.8. The molecule has 0 N–H and O–H groups in total. The van der Waals surface area contributed by atoms with Gasteiger partial charge >= 0.3 is 58.4 Å². The summed E-state index contributed by atoms with van der Waals surface area (Å²) in [6, 6.07) is 0. The van der Waals surface area contributed by atoms with Crippen LogP contribution < -0.4 is 61.9 Å². The van der Waals surface area contributed by atoms with Gasteiger partial charge in [0.05, 0.1) is 0 Å². The number of thiazole rings is 1. The second kappa shape index (κ2) is 5.13. The monoisotopic (exact) mass is 234 g/mol. The number of hydrogen-bond donors (Lipinski definition) is 0. The van der Waals surface area contributed by atoms with Crippen LogP contribution in [-0.2, 0) is 0 Å². The molecule has 0 saturated heterocycles. The molecule has 0 aliphatic rings. The van der Waals surface area contributed by atoms with Gasteiger partial charge in [0.1, 0.15) is 0 Å². The first-order chi connectivity index (χ1) is 5.41. The molecule has 0 aromatic carbocycles. The van der Waals surface area contributed by atoms with Crippen molar-refractivity contribution in [1.29, 1.82) is 0 Å². The molecule has 0 saturated carbocycles. The molecule has 1 heterocycles. The number of aromatic nitrogens is 1. The Bertz CT molecular complexity index is 275. The molecular weight excluding hydrogens is 227 g/mol. The summed E-state index contributed by atoms with van der Waals surface area (Å²) in [5.74, 6) is 0. The number of halogens is 3. The predicted molar refractivity (Wildman–Crippen MR) is 45.2 cm³/mol. The standard InChI is InChI=1S/C5H7BF3N2S.K/c1-11(2)5-10-4(3-12-5)6(7,8)9;/h3H,1-2H3;/q-1;+1. The molecule has 8 heteroatoms. The maximum absolute atomic E-state index is 12.1. The van der Waals surface area contributed by atoms with Crippen molar-refractivity contribution in [3.8, 4) is 0 Å². The zero-order valence-corrected chi connectivity index (χ0v) is 11.5. The smallest absolute Gasteiger partial charge is 0.444 e. The van der Waals surface area contributed by atoms with Crippen LogP contribution in [0.25, 0.3) is 0 Å². The van der Waals surface area contributed by atoms with Gasteiger partial charge in [0.2, 0.25) is 0 Å². The number of rotatable bonds is 2. The Morgan fingerprint density at radius 2 is 1.92 bits per heavy atom. The van der Waals surface area contributed by atoms with Crippen molar-refractivity contribution in [3.63, 3.8) is 0 Å². The first kappa shape index (κ1) is 13.9. The first-order valence-corrected chi connectivity index (χ1v) is 4.12. The number of hydrogen-bond acceptors (Lipinski definition) is 3. The Kier molecular flexibility index (Phi) is 5.49. The molecule has 2 nitrogen and oxygen atoms in total. The van der Waals surface area contributed by atoms with Gasteiger partial charge in [0.25, 0.3) is 0 Å². The van der Waals surface area contributed by atoms with Gasteiger partial charge in [-0.1, -0.05) is 0 Å². The summed E-state index contributed by atoms with van der Waals surface area (Å²) in [6.07, 6.45) is 0. The maximum Gasteiger partial charge on any atom is 1.00 e. The van der Waals surface area contributed by atoms with E-state index in [1.165, 1.54) is 0 Å². The van der Waals surface area contributed by atoms with Crippen molar-refractivity contribution in [1.82, 2.24) is 4.98 Å². The van der Waals surface area contributed by atoms with Gasteiger partial charge in [-0.05, 0) is 11.0 Å². The van der Waals surface area contributed by atoms with E-state index >= 15 is 0 Å². The van der Waals surface area contributed by atoms with E-state index in [1.807, 2.05) is 0 Å². The maximum atomic E-state index is 12.1. The van der Waals surface area contributed by atoms with Crippen LogP contribution in [0.1, 0.15) is 0 Å². The van der Waals surface area contributed by atoms with E-state index < -0.39 is 12.6 Å². The van der Waals surface area contributed by atoms with E-state index in [-0.39, 0.29) is 51.4 Å². The molecule has 0 unspecified atom stereocenters. The van der Waals surface area contributed by atoms with Gasteiger partial charge in [-0.25, -0.2) is 0 Å². The van der Waals surface area contributed by atoms with Gasteiger partial charge in [-0.3, -0.25) is 4.98 Å².